The number of hydrogen-bond acceptors (Lipinski definition) is 5. The zero-order valence-electron chi connectivity index (χ0n) is 12.2. The maximum absolute atomic E-state index is 12.1. The molecule has 124 valence electrons. The summed E-state index contributed by atoms with van der Waals surface area (Å²) in [5, 5.41) is 13.8. The Bertz CT molecular complexity index is 813. The molecule has 1 atom stereocenters. The van der Waals surface area contributed by atoms with E-state index in [2.05, 4.69) is 26.5 Å². The molecule has 0 saturated carbocycles. The van der Waals surface area contributed by atoms with E-state index in [0.717, 1.165) is 0 Å². The number of nitrogens with zero attached hydrogens (tertiary/aromatic N) is 1. The van der Waals surface area contributed by atoms with Crippen molar-refractivity contribution in [3.05, 3.63) is 51.5 Å². The fourth-order valence-electron chi connectivity index (χ4n) is 2.07. The van der Waals surface area contributed by atoms with Crippen molar-refractivity contribution in [2.24, 2.45) is 5.10 Å². The van der Waals surface area contributed by atoms with E-state index < -0.39 is 12.0 Å². The first-order chi connectivity index (χ1) is 11.5. The van der Waals surface area contributed by atoms with Gasteiger partial charge in [-0.05, 0) is 24.3 Å². The highest BCUT2D eigenvalue weighted by Crippen LogP contribution is 2.31. The number of ether oxygens (including phenoxy) is 2. The van der Waals surface area contributed by atoms with Crippen LogP contribution in [-0.2, 0) is 4.79 Å². The van der Waals surface area contributed by atoms with Crippen LogP contribution < -0.4 is 14.9 Å². The molecule has 0 bridgehead atoms. The Labute approximate surface area is 151 Å². The molecule has 0 fully saturated rings. The number of hydrogen-bond donors (Lipinski definition) is 2. The highest BCUT2D eigenvalue weighted by molar-refractivity contribution is 9.10. The van der Waals surface area contributed by atoms with E-state index in [1.807, 2.05) is 6.07 Å². The molecule has 1 amide bonds. The van der Waals surface area contributed by atoms with Crippen LogP contribution >= 0.6 is 27.5 Å². The van der Waals surface area contributed by atoms with E-state index >= 15 is 0 Å². The number of amides is 1. The van der Waals surface area contributed by atoms with Crippen molar-refractivity contribution in [3.63, 3.8) is 0 Å². The van der Waals surface area contributed by atoms with Gasteiger partial charge in [0.25, 0.3) is 5.91 Å². The summed E-state index contributed by atoms with van der Waals surface area (Å²) in [5.41, 5.74) is 2.72. The molecule has 0 radical (unpaired) electrons. The van der Waals surface area contributed by atoms with Crippen molar-refractivity contribution in [2.45, 2.75) is 6.10 Å². The quantitative estimate of drug-likeness (QED) is 0.601. The highest BCUT2D eigenvalue weighted by atomic mass is 79.9. The lowest BCUT2D eigenvalue weighted by atomic mass is 10.2. The minimum Gasteiger partial charge on any atom is -0.506 e. The fraction of sp³-hybridized carbons (Fsp3) is 0.125. The second kappa shape index (κ2) is 7.11. The van der Waals surface area contributed by atoms with Gasteiger partial charge in [-0.3, -0.25) is 4.79 Å². The lowest BCUT2D eigenvalue weighted by Gasteiger charge is -2.24. The zero-order chi connectivity index (χ0) is 17.1. The lowest BCUT2D eigenvalue weighted by molar-refractivity contribution is -0.130. The summed E-state index contributed by atoms with van der Waals surface area (Å²) in [6.45, 7) is 0.0896. The third-order valence-electron chi connectivity index (χ3n) is 3.24. The average molecular weight is 412 g/mol. The minimum absolute atomic E-state index is 0.0896. The van der Waals surface area contributed by atoms with E-state index in [-0.39, 0.29) is 17.4 Å². The number of fused-ring (bicyclic) bond motifs is 1. The van der Waals surface area contributed by atoms with Crippen LogP contribution in [0.1, 0.15) is 5.56 Å². The number of carbonyl (C=O) groups is 1. The van der Waals surface area contributed by atoms with E-state index in [9.17, 15) is 9.90 Å². The maximum atomic E-state index is 12.1. The van der Waals surface area contributed by atoms with Gasteiger partial charge in [0.2, 0.25) is 6.10 Å². The average Bonchev–Trinajstić information content (AvgIpc) is 2.58. The lowest BCUT2D eigenvalue weighted by Crippen LogP contribution is -2.42. The van der Waals surface area contributed by atoms with Crippen molar-refractivity contribution in [1.29, 1.82) is 0 Å². The highest BCUT2D eigenvalue weighted by Gasteiger charge is 2.27. The molecule has 2 N–H and O–H groups in total. The molecular formula is C16H12BrClN2O4. The summed E-state index contributed by atoms with van der Waals surface area (Å²) < 4.78 is 11.7. The number of nitrogens with one attached hydrogen (secondary N) is 1. The standard InChI is InChI=1S/C16H12BrClN2O4/c17-10-5-9(15(21)11(18)6-10)7-19-20-16(22)14-8-23-12-3-1-2-4-13(12)24-14/h1-7,14,21H,8H2,(H,20,22)/b19-7-. The van der Waals surface area contributed by atoms with E-state index in [4.69, 9.17) is 21.1 Å². The summed E-state index contributed by atoms with van der Waals surface area (Å²) in [7, 11) is 0. The SMILES string of the molecule is O=C(N/N=C\c1cc(Br)cc(Cl)c1O)C1COc2ccccc2O1. The van der Waals surface area contributed by atoms with E-state index in [1.54, 1.807) is 30.3 Å². The van der Waals surface area contributed by atoms with Gasteiger partial charge in [0.1, 0.15) is 12.4 Å². The number of aromatic hydroxyl groups is 1. The van der Waals surface area contributed by atoms with Crippen LogP contribution in [0.2, 0.25) is 5.02 Å². The summed E-state index contributed by atoms with van der Waals surface area (Å²) in [5.74, 6) is 0.522. The van der Waals surface area contributed by atoms with Crippen molar-refractivity contribution in [2.75, 3.05) is 6.61 Å². The molecule has 0 aliphatic carbocycles. The maximum Gasteiger partial charge on any atom is 0.284 e. The van der Waals surface area contributed by atoms with E-state index in [0.29, 0.717) is 21.5 Å². The molecule has 2 aromatic rings. The van der Waals surface area contributed by atoms with Gasteiger partial charge in [-0.1, -0.05) is 39.7 Å². The Morgan fingerprint density at radius 2 is 2.12 bits per heavy atom. The Kier molecular flexibility index (Phi) is 4.92. The number of halogens is 2. The summed E-state index contributed by atoms with van der Waals surface area (Å²) >= 11 is 9.13. The predicted molar refractivity (Wildman–Crippen MR) is 92.9 cm³/mol. The zero-order valence-corrected chi connectivity index (χ0v) is 14.5. The van der Waals surface area contributed by atoms with Crippen LogP contribution in [0, 0.1) is 0 Å². The largest absolute Gasteiger partial charge is 0.506 e. The van der Waals surface area contributed by atoms with Crippen LogP contribution in [0.4, 0.5) is 0 Å². The monoisotopic (exact) mass is 410 g/mol. The van der Waals surface area contributed by atoms with Gasteiger partial charge < -0.3 is 14.6 Å². The number of phenols is 1. The van der Waals surface area contributed by atoms with Crippen LogP contribution in [-0.4, -0.2) is 29.9 Å². The molecule has 0 saturated heterocycles. The van der Waals surface area contributed by atoms with E-state index in [1.165, 1.54) is 6.21 Å². The molecular weight excluding hydrogens is 400 g/mol. The first kappa shape index (κ1) is 16.6. The summed E-state index contributed by atoms with van der Waals surface area (Å²) in [6.07, 6.45) is 0.485. The predicted octanol–water partition coefficient (Wildman–Crippen LogP) is 3.10. The van der Waals surface area contributed by atoms with Crippen LogP contribution in [0.25, 0.3) is 0 Å². The number of phenolic OH excluding ortho intramolecular Hbond substituents is 1. The van der Waals surface area contributed by atoms with Crippen molar-refractivity contribution >= 4 is 39.7 Å². The molecule has 1 aliphatic heterocycles. The van der Waals surface area contributed by atoms with Crippen molar-refractivity contribution in [3.8, 4) is 17.2 Å². The topological polar surface area (TPSA) is 80.2 Å². The molecule has 1 aliphatic rings. The van der Waals surface area contributed by atoms with Gasteiger partial charge in [0.05, 0.1) is 11.2 Å². The molecule has 1 unspecified atom stereocenters. The Morgan fingerprint density at radius 3 is 2.92 bits per heavy atom. The number of rotatable bonds is 3. The van der Waals surface area contributed by atoms with Crippen LogP contribution in [0.3, 0.4) is 0 Å². The smallest absolute Gasteiger partial charge is 0.284 e. The molecule has 8 heteroatoms. The Balaban J connectivity index is 1.64. The van der Waals surface area contributed by atoms with Crippen molar-refractivity contribution in [1.82, 2.24) is 5.43 Å². The molecule has 0 aromatic heterocycles. The van der Waals surface area contributed by atoms with Gasteiger partial charge >= 0.3 is 0 Å². The fourth-order valence-corrected chi connectivity index (χ4v) is 2.90. The molecule has 2 aromatic carbocycles. The third kappa shape index (κ3) is 3.63. The molecule has 24 heavy (non-hydrogen) atoms. The second-order valence-corrected chi connectivity index (χ2v) is 6.25. The molecule has 1 heterocycles. The number of para-hydroxylation sites is 2. The normalized spacial score (nSPS) is 16.2. The molecule has 3 rings (SSSR count). The molecule has 0 spiro atoms. The number of hydrazone groups is 1. The summed E-state index contributed by atoms with van der Waals surface area (Å²) in [6, 6.07) is 10.3. The van der Waals surface area contributed by atoms with Gasteiger partial charge in [-0.25, -0.2) is 5.43 Å². The third-order valence-corrected chi connectivity index (χ3v) is 3.98. The first-order valence-electron chi connectivity index (χ1n) is 6.94. The van der Waals surface area contributed by atoms with Gasteiger partial charge in [0.15, 0.2) is 11.5 Å². The van der Waals surface area contributed by atoms with Gasteiger partial charge in [-0.15, -0.1) is 0 Å². The first-order valence-corrected chi connectivity index (χ1v) is 8.11. The second-order valence-electron chi connectivity index (χ2n) is 4.92. The van der Waals surface area contributed by atoms with Crippen LogP contribution in [0.5, 0.6) is 17.2 Å². The Morgan fingerprint density at radius 1 is 1.38 bits per heavy atom. The van der Waals surface area contributed by atoms with Crippen LogP contribution in [0.15, 0.2) is 46.0 Å². The van der Waals surface area contributed by atoms with Crippen molar-refractivity contribution < 1.29 is 19.4 Å². The number of carbonyl (C=O) groups excluding carboxylic acids is 1. The Hall–Kier alpha value is -2.25. The van der Waals surface area contributed by atoms with Gasteiger partial charge in [0, 0.05) is 10.0 Å². The minimum atomic E-state index is -0.809. The molecule has 6 nitrogen and oxygen atoms in total. The van der Waals surface area contributed by atoms with Gasteiger partial charge in [-0.2, -0.15) is 5.10 Å². The summed E-state index contributed by atoms with van der Waals surface area (Å²) in [4.78, 5) is 12.1. The number of benzene rings is 2.